The fraction of sp³-hybridized carbons (Fsp3) is 1.00. The Balaban J connectivity index is 3.77. The molecular weight excluding hydrogens is 139 g/mol. The van der Waals surface area contributed by atoms with E-state index in [1.54, 1.807) is 0 Å². The van der Waals surface area contributed by atoms with Crippen LogP contribution in [0.25, 0.3) is 0 Å². The topological polar surface area (TPSA) is 0 Å². The highest BCUT2D eigenvalue weighted by molar-refractivity contribution is 4.71. The Hall–Kier alpha value is -0.0700. The quantitative estimate of drug-likeness (QED) is 0.589. The smallest absolute Gasteiger partial charge is 0.103 e. The zero-order valence-electron chi connectivity index (χ0n) is 8.45. The number of hydrogen-bond acceptors (Lipinski definition) is 0. The Morgan fingerprint density at radius 1 is 1.27 bits per heavy atom. The predicted octanol–water partition coefficient (Wildman–Crippen LogP) is 3.81. The van der Waals surface area contributed by atoms with Crippen LogP contribution in [0, 0.1) is 11.3 Å². The Kier molecular flexibility index (Phi) is 4.05. The molecule has 0 radical (unpaired) electrons. The maximum Gasteiger partial charge on any atom is 0.103 e. The standard InChI is InChI=1S/C10H21F/c1-6-8(2)9(11)7-10(3,4)5/h8-9H,6-7H2,1-5H3. The van der Waals surface area contributed by atoms with Crippen LogP contribution < -0.4 is 0 Å². The lowest BCUT2D eigenvalue weighted by Crippen LogP contribution is -2.19. The molecule has 0 amide bonds. The minimum absolute atomic E-state index is 0.128. The Morgan fingerprint density at radius 2 is 1.73 bits per heavy atom. The van der Waals surface area contributed by atoms with Gasteiger partial charge >= 0.3 is 0 Å². The van der Waals surface area contributed by atoms with Crippen molar-refractivity contribution in [2.75, 3.05) is 0 Å². The highest BCUT2D eigenvalue weighted by atomic mass is 19.1. The van der Waals surface area contributed by atoms with E-state index in [0.717, 1.165) is 6.42 Å². The van der Waals surface area contributed by atoms with Crippen LogP contribution in [0.15, 0.2) is 0 Å². The van der Waals surface area contributed by atoms with Gasteiger partial charge in [-0.2, -0.15) is 0 Å². The van der Waals surface area contributed by atoms with Gasteiger partial charge in [0, 0.05) is 0 Å². The summed E-state index contributed by atoms with van der Waals surface area (Å²) in [4.78, 5) is 0. The third-order valence-corrected chi connectivity index (χ3v) is 2.07. The highest BCUT2D eigenvalue weighted by Crippen LogP contribution is 2.27. The first-order valence-corrected chi connectivity index (χ1v) is 4.51. The van der Waals surface area contributed by atoms with E-state index in [4.69, 9.17) is 0 Å². The predicted molar refractivity (Wildman–Crippen MR) is 48.4 cm³/mol. The van der Waals surface area contributed by atoms with Crippen molar-refractivity contribution < 1.29 is 4.39 Å². The Labute approximate surface area is 70.2 Å². The first-order chi connectivity index (χ1) is 4.87. The molecule has 0 bridgehead atoms. The molecule has 0 aromatic rings. The molecule has 0 rings (SSSR count). The van der Waals surface area contributed by atoms with Crippen LogP contribution in [0.1, 0.15) is 47.5 Å². The van der Waals surface area contributed by atoms with E-state index in [-0.39, 0.29) is 11.3 Å². The van der Waals surface area contributed by atoms with E-state index >= 15 is 0 Å². The van der Waals surface area contributed by atoms with E-state index < -0.39 is 6.17 Å². The maximum atomic E-state index is 13.3. The molecule has 0 aromatic carbocycles. The molecule has 0 nitrogen and oxygen atoms in total. The molecule has 0 spiro atoms. The van der Waals surface area contributed by atoms with Crippen LogP contribution in [0.2, 0.25) is 0 Å². The molecule has 0 saturated carbocycles. The number of rotatable bonds is 3. The van der Waals surface area contributed by atoms with E-state index in [2.05, 4.69) is 20.8 Å². The molecule has 0 aliphatic carbocycles. The van der Waals surface area contributed by atoms with Gasteiger partial charge in [-0.25, -0.2) is 4.39 Å². The number of alkyl halides is 1. The van der Waals surface area contributed by atoms with Crippen LogP contribution in [0.5, 0.6) is 0 Å². The zero-order valence-corrected chi connectivity index (χ0v) is 8.45. The van der Waals surface area contributed by atoms with Crippen molar-refractivity contribution in [3.8, 4) is 0 Å². The van der Waals surface area contributed by atoms with Crippen molar-refractivity contribution in [3.05, 3.63) is 0 Å². The molecule has 1 heteroatoms. The van der Waals surface area contributed by atoms with Gasteiger partial charge in [-0.1, -0.05) is 41.0 Å². The molecule has 2 atom stereocenters. The van der Waals surface area contributed by atoms with Crippen molar-refractivity contribution in [2.45, 2.75) is 53.6 Å². The monoisotopic (exact) mass is 160 g/mol. The zero-order chi connectivity index (χ0) is 9.07. The SMILES string of the molecule is CCC(C)C(F)CC(C)(C)C. The summed E-state index contributed by atoms with van der Waals surface area (Å²) in [6, 6.07) is 0. The van der Waals surface area contributed by atoms with E-state index in [1.165, 1.54) is 0 Å². The van der Waals surface area contributed by atoms with Crippen molar-refractivity contribution in [3.63, 3.8) is 0 Å². The van der Waals surface area contributed by atoms with E-state index in [0.29, 0.717) is 6.42 Å². The minimum atomic E-state index is -0.625. The molecule has 2 unspecified atom stereocenters. The number of halogens is 1. The van der Waals surface area contributed by atoms with Crippen molar-refractivity contribution in [1.82, 2.24) is 0 Å². The molecule has 0 aliphatic rings. The summed E-state index contributed by atoms with van der Waals surface area (Å²) < 4.78 is 13.3. The average molecular weight is 160 g/mol. The summed E-state index contributed by atoms with van der Waals surface area (Å²) in [6.07, 6.45) is 0.999. The largest absolute Gasteiger partial charge is 0.247 e. The third-order valence-electron chi connectivity index (χ3n) is 2.07. The van der Waals surface area contributed by atoms with E-state index in [9.17, 15) is 4.39 Å². The van der Waals surface area contributed by atoms with Gasteiger partial charge in [0.1, 0.15) is 6.17 Å². The summed E-state index contributed by atoms with van der Waals surface area (Å²) in [5.74, 6) is 0.217. The molecule has 0 saturated heterocycles. The second kappa shape index (κ2) is 4.08. The maximum absolute atomic E-state index is 13.3. The molecule has 0 aliphatic heterocycles. The summed E-state index contributed by atoms with van der Waals surface area (Å²) in [7, 11) is 0. The normalized spacial score (nSPS) is 18.0. The lowest BCUT2D eigenvalue weighted by molar-refractivity contribution is 0.164. The fourth-order valence-corrected chi connectivity index (χ4v) is 1.04. The Morgan fingerprint density at radius 3 is 2.00 bits per heavy atom. The molecule has 0 N–H and O–H groups in total. The second-order valence-corrected chi connectivity index (χ2v) is 4.67. The molecule has 68 valence electrons. The average Bonchev–Trinajstić information content (AvgIpc) is 1.82. The van der Waals surface area contributed by atoms with Crippen molar-refractivity contribution in [2.24, 2.45) is 11.3 Å². The van der Waals surface area contributed by atoms with Crippen LogP contribution in [-0.2, 0) is 0 Å². The summed E-state index contributed by atoms with van der Waals surface area (Å²) in [5, 5.41) is 0. The molecule has 0 aromatic heterocycles. The van der Waals surface area contributed by atoms with Gasteiger partial charge in [0.05, 0.1) is 0 Å². The van der Waals surface area contributed by atoms with Gasteiger partial charge in [0.25, 0.3) is 0 Å². The molecule has 11 heavy (non-hydrogen) atoms. The van der Waals surface area contributed by atoms with E-state index in [1.807, 2.05) is 13.8 Å². The van der Waals surface area contributed by atoms with Crippen LogP contribution >= 0.6 is 0 Å². The minimum Gasteiger partial charge on any atom is -0.247 e. The van der Waals surface area contributed by atoms with Crippen LogP contribution in [0.4, 0.5) is 4.39 Å². The molecular formula is C10H21F. The van der Waals surface area contributed by atoms with Crippen molar-refractivity contribution >= 4 is 0 Å². The highest BCUT2D eigenvalue weighted by Gasteiger charge is 2.21. The van der Waals surface area contributed by atoms with Gasteiger partial charge in [-0.05, 0) is 17.8 Å². The third kappa shape index (κ3) is 5.23. The Bertz CT molecular complexity index is 102. The second-order valence-electron chi connectivity index (χ2n) is 4.67. The summed E-state index contributed by atoms with van der Waals surface area (Å²) >= 11 is 0. The van der Waals surface area contributed by atoms with Gasteiger partial charge in [-0.3, -0.25) is 0 Å². The molecule has 0 heterocycles. The summed E-state index contributed by atoms with van der Waals surface area (Å²) in [6.45, 7) is 10.3. The van der Waals surface area contributed by atoms with Gasteiger partial charge in [0.15, 0.2) is 0 Å². The lowest BCUT2D eigenvalue weighted by Gasteiger charge is -2.24. The summed E-state index contributed by atoms with van der Waals surface area (Å²) in [5.41, 5.74) is 0.128. The van der Waals surface area contributed by atoms with Gasteiger partial charge in [-0.15, -0.1) is 0 Å². The first-order valence-electron chi connectivity index (χ1n) is 4.51. The van der Waals surface area contributed by atoms with Crippen LogP contribution in [0.3, 0.4) is 0 Å². The first kappa shape index (κ1) is 10.9. The fourth-order valence-electron chi connectivity index (χ4n) is 1.04. The number of hydrogen-bond donors (Lipinski definition) is 0. The van der Waals surface area contributed by atoms with Crippen LogP contribution in [-0.4, -0.2) is 6.17 Å². The van der Waals surface area contributed by atoms with Crippen molar-refractivity contribution in [1.29, 1.82) is 0 Å². The molecule has 0 fully saturated rings. The van der Waals surface area contributed by atoms with Gasteiger partial charge < -0.3 is 0 Å². The lowest BCUT2D eigenvalue weighted by atomic mass is 9.85. The van der Waals surface area contributed by atoms with Gasteiger partial charge in [0.2, 0.25) is 0 Å².